The SMILES string of the molecule is CC(C)CCCNCC1CCCC1C. The van der Waals surface area contributed by atoms with E-state index in [1.165, 1.54) is 45.2 Å². The Labute approximate surface area is 89.7 Å². The van der Waals surface area contributed by atoms with Crippen molar-refractivity contribution in [3.05, 3.63) is 0 Å². The van der Waals surface area contributed by atoms with Crippen LogP contribution in [0.4, 0.5) is 0 Å². The smallest absolute Gasteiger partial charge is 0.00180 e. The fourth-order valence-corrected chi connectivity index (χ4v) is 2.45. The third-order valence-corrected chi connectivity index (χ3v) is 3.58. The standard InChI is InChI=1S/C13H27N/c1-11(2)6-5-9-14-10-13-8-4-7-12(13)3/h11-14H,4-10H2,1-3H3. The van der Waals surface area contributed by atoms with E-state index in [0.29, 0.717) is 0 Å². The van der Waals surface area contributed by atoms with E-state index in [1.807, 2.05) is 0 Å². The molecule has 1 heteroatoms. The van der Waals surface area contributed by atoms with Crippen molar-refractivity contribution in [2.24, 2.45) is 17.8 Å². The molecule has 1 nitrogen and oxygen atoms in total. The summed E-state index contributed by atoms with van der Waals surface area (Å²) < 4.78 is 0. The van der Waals surface area contributed by atoms with Gasteiger partial charge in [-0.25, -0.2) is 0 Å². The molecular weight excluding hydrogens is 170 g/mol. The molecule has 0 radical (unpaired) electrons. The van der Waals surface area contributed by atoms with E-state index in [0.717, 1.165) is 17.8 Å². The molecule has 1 N–H and O–H groups in total. The fourth-order valence-electron chi connectivity index (χ4n) is 2.45. The van der Waals surface area contributed by atoms with E-state index in [4.69, 9.17) is 0 Å². The molecule has 0 aromatic heterocycles. The van der Waals surface area contributed by atoms with Gasteiger partial charge in [0.1, 0.15) is 0 Å². The van der Waals surface area contributed by atoms with E-state index >= 15 is 0 Å². The second-order valence-electron chi connectivity index (χ2n) is 5.41. The summed E-state index contributed by atoms with van der Waals surface area (Å²) >= 11 is 0. The van der Waals surface area contributed by atoms with E-state index in [2.05, 4.69) is 26.1 Å². The summed E-state index contributed by atoms with van der Waals surface area (Å²) in [5.74, 6) is 2.80. The lowest BCUT2D eigenvalue weighted by Gasteiger charge is -2.16. The molecule has 1 fully saturated rings. The van der Waals surface area contributed by atoms with Crippen LogP contribution in [0.15, 0.2) is 0 Å². The summed E-state index contributed by atoms with van der Waals surface area (Å²) in [6.45, 7) is 9.51. The molecule has 1 saturated carbocycles. The topological polar surface area (TPSA) is 12.0 Å². The maximum absolute atomic E-state index is 3.61. The Morgan fingerprint density at radius 1 is 1.29 bits per heavy atom. The number of nitrogens with one attached hydrogen (secondary N) is 1. The molecule has 2 atom stereocenters. The van der Waals surface area contributed by atoms with Crippen molar-refractivity contribution >= 4 is 0 Å². The van der Waals surface area contributed by atoms with Gasteiger partial charge in [-0.05, 0) is 50.1 Å². The van der Waals surface area contributed by atoms with Gasteiger partial charge in [-0.15, -0.1) is 0 Å². The van der Waals surface area contributed by atoms with Crippen molar-refractivity contribution in [1.29, 1.82) is 0 Å². The van der Waals surface area contributed by atoms with Crippen molar-refractivity contribution in [1.82, 2.24) is 5.32 Å². The monoisotopic (exact) mass is 197 g/mol. The van der Waals surface area contributed by atoms with Crippen LogP contribution < -0.4 is 5.32 Å². The first-order valence-corrected chi connectivity index (χ1v) is 6.41. The highest BCUT2D eigenvalue weighted by Crippen LogP contribution is 2.30. The molecule has 84 valence electrons. The minimum absolute atomic E-state index is 0.863. The second-order valence-corrected chi connectivity index (χ2v) is 5.41. The molecule has 0 amide bonds. The zero-order valence-electron chi connectivity index (χ0n) is 10.2. The highest BCUT2D eigenvalue weighted by molar-refractivity contribution is 4.75. The Morgan fingerprint density at radius 2 is 2.07 bits per heavy atom. The summed E-state index contributed by atoms with van der Waals surface area (Å²) in [6, 6.07) is 0. The maximum Gasteiger partial charge on any atom is -0.00180 e. The van der Waals surface area contributed by atoms with Gasteiger partial charge < -0.3 is 5.32 Å². The van der Waals surface area contributed by atoms with Crippen molar-refractivity contribution in [2.45, 2.75) is 52.9 Å². The molecule has 0 saturated heterocycles. The summed E-state index contributed by atoms with van der Waals surface area (Å²) in [6.07, 6.45) is 7.09. The van der Waals surface area contributed by atoms with Crippen molar-refractivity contribution in [3.63, 3.8) is 0 Å². The highest BCUT2D eigenvalue weighted by Gasteiger charge is 2.22. The van der Waals surface area contributed by atoms with Gasteiger partial charge in [0.05, 0.1) is 0 Å². The first-order chi connectivity index (χ1) is 6.70. The Balaban J connectivity index is 1.93. The van der Waals surface area contributed by atoms with Crippen LogP contribution >= 0.6 is 0 Å². The number of rotatable bonds is 6. The van der Waals surface area contributed by atoms with Crippen molar-refractivity contribution in [2.75, 3.05) is 13.1 Å². The molecule has 0 aliphatic heterocycles. The second kappa shape index (κ2) is 6.44. The Morgan fingerprint density at radius 3 is 2.64 bits per heavy atom. The van der Waals surface area contributed by atoms with Crippen LogP contribution in [0.2, 0.25) is 0 Å². The van der Waals surface area contributed by atoms with Crippen LogP contribution in [0, 0.1) is 17.8 Å². The lowest BCUT2D eigenvalue weighted by atomic mass is 9.98. The van der Waals surface area contributed by atoms with Crippen LogP contribution in [-0.2, 0) is 0 Å². The third kappa shape index (κ3) is 4.45. The first-order valence-electron chi connectivity index (χ1n) is 6.41. The van der Waals surface area contributed by atoms with Gasteiger partial charge in [0.25, 0.3) is 0 Å². The number of hydrogen-bond donors (Lipinski definition) is 1. The van der Waals surface area contributed by atoms with Crippen molar-refractivity contribution in [3.8, 4) is 0 Å². The average Bonchev–Trinajstić information content (AvgIpc) is 2.51. The predicted molar refractivity (Wildman–Crippen MR) is 63.4 cm³/mol. The Hall–Kier alpha value is -0.0400. The van der Waals surface area contributed by atoms with Gasteiger partial charge in [0, 0.05) is 0 Å². The normalized spacial score (nSPS) is 27.4. The molecule has 0 spiro atoms. The molecule has 1 aliphatic rings. The Bertz CT molecular complexity index is 142. The van der Waals surface area contributed by atoms with Gasteiger partial charge in [-0.1, -0.05) is 33.6 Å². The molecule has 2 unspecified atom stereocenters. The largest absolute Gasteiger partial charge is 0.316 e. The van der Waals surface area contributed by atoms with Gasteiger partial charge in [0.15, 0.2) is 0 Å². The van der Waals surface area contributed by atoms with Crippen molar-refractivity contribution < 1.29 is 0 Å². The molecule has 0 aromatic carbocycles. The predicted octanol–water partition coefficient (Wildman–Crippen LogP) is 3.45. The van der Waals surface area contributed by atoms with Gasteiger partial charge in [0.2, 0.25) is 0 Å². The maximum atomic E-state index is 3.61. The van der Waals surface area contributed by atoms with E-state index in [1.54, 1.807) is 0 Å². The van der Waals surface area contributed by atoms with Crippen LogP contribution in [0.5, 0.6) is 0 Å². The van der Waals surface area contributed by atoms with Crippen LogP contribution in [0.3, 0.4) is 0 Å². The van der Waals surface area contributed by atoms with Gasteiger partial charge in [-0.2, -0.15) is 0 Å². The zero-order chi connectivity index (χ0) is 10.4. The van der Waals surface area contributed by atoms with Crippen LogP contribution in [0.25, 0.3) is 0 Å². The summed E-state index contributed by atoms with van der Waals surface area (Å²) in [7, 11) is 0. The van der Waals surface area contributed by atoms with E-state index in [-0.39, 0.29) is 0 Å². The summed E-state index contributed by atoms with van der Waals surface area (Å²) in [5, 5.41) is 3.61. The zero-order valence-corrected chi connectivity index (χ0v) is 10.2. The third-order valence-electron chi connectivity index (χ3n) is 3.58. The molecule has 14 heavy (non-hydrogen) atoms. The molecule has 0 bridgehead atoms. The van der Waals surface area contributed by atoms with E-state index < -0.39 is 0 Å². The van der Waals surface area contributed by atoms with E-state index in [9.17, 15) is 0 Å². The minimum Gasteiger partial charge on any atom is -0.316 e. The Kier molecular flexibility index (Phi) is 5.54. The molecule has 0 aromatic rings. The number of hydrogen-bond acceptors (Lipinski definition) is 1. The lowest BCUT2D eigenvalue weighted by Crippen LogP contribution is -2.25. The summed E-state index contributed by atoms with van der Waals surface area (Å²) in [4.78, 5) is 0. The molecular formula is C13H27N. The lowest BCUT2D eigenvalue weighted by molar-refractivity contribution is 0.387. The molecule has 1 rings (SSSR count). The minimum atomic E-state index is 0.863. The van der Waals surface area contributed by atoms with Crippen LogP contribution in [-0.4, -0.2) is 13.1 Å². The van der Waals surface area contributed by atoms with Gasteiger partial charge >= 0.3 is 0 Å². The molecule has 1 aliphatic carbocycles. The highest BCUT2D eigenvalue weighted by atomic mass is 14.9. The van der Waals surface area contributed by atoms with Gasteiger partial charge in [-0.3, -0.25) is 0 Å². The van der Waals surface area contributed by atoms with Crippen LogP contribution in [0.1, 0.15) is 52.9 Å². The summed E-state index contributed by atoms with van der Waals surface area (Å²) in [5.41, 5.74) is 0. The molecule has 0 heterocycles. The fraction of sp³-hybridized carbons (Fsp3) is 1.00. The quantitative estimate of drug-likeness (QED) is 0.643. The average molecular weight is 197 g/mol. The first kappa shape index (κ1) is 12.0.